The Morgan fingerprint density at radius 1 is 1.15 bits per heavy atom. The average Bonchev–Trinajstić information content (AvgIpc) is 2.90. The lowest BCUT2D eigenvalue weighted by Gasteiger charge is -2.19. The molecule has 3 rings (SSSR count). The van der Waals surface area contributed by atoms with Crippen LogP contribution in [0.3, 0.4) is 0 Å². The lowest BCUT2D eigenvalue weighted by molar-refractivity contribution is 0.579. The first-order chi connectivity index (χ1) is 9.81. The molecule has 20 heavy (non-hydrogen) atoms. The Morgan fingerprint density at radius 3 is 2.75 bits per heavy atom. The highest BCUT2D eigenvalue weighted by Gasteiger charge is 2.19. The third kappa shape index (κ3) is 2.18. The van der Waals surface area contributed by atoms with Crippen LogP contribution in [0.15, 0.2) is 48.9 Å². The molecule has 0 saturated heterocycles. The first-order valence-corrected chi connectivity index (χ1v) is 6.85. The lowest BCUT2D eigenvalue weighted by Crippen LogP contribution is -2.25. The van der Waals surface area contributed by atoms with Gasteiger partial charge in [-0.2, -0.15) is 0 Å². The Labute approximate surface area is 118 Å². The van der Waals surface area contributed by atoms with Crippen molar-refractivity contribution in [3.8, 4) is 0 Å². The number of aromatic nitrogens is 3. The van der Waals surface area contributed by atoms with E-state index in [1.807, 2.05) is 31.7 Å². The van der Waals surface area contributed by atoms with Gasteiger partial charge in [0.25, 0.3) is 0 Å². The van der Waals surface area contributed by atoms with Crippen LogP contribution in [0.4, 0.5) is 0 Å². The van der Waals surface area contributed by atoms with E-state index in [4.69, 9.17) is 0 Å². The minimum Gasteiger partial charge on any atom is -0.336 e. The van der Waals surface area contributed by atoms with Gasteiger partial charge in [0.2, 0.25) is 0 Å². The monoisotopic (exact) mass is 266 g/mol. The summed E-state index contributed by atoms with van der Waals surface area (Å²) in [4.78, 5) is 9.04. The van der Waals surface area contributed by atoms with Crippen LogP contribution < -0.4 is 5.32 Å². The van der Waals surface area contributed by atoms with Gasteiger partial charge in [-0.05, 0) is 12.6 Å². The van der Waals surface area contributed by atoms with E-state index < -0.39 is 0 Å². The number of hydrogen-bond acceptors (Lipinski definition) is 3. The summed E-state index contributed by atoms with van der Waals surface area (Å²) < 4.78 is 2.05. The number of nitrogens with zero attached hydrogens (tertiary/aromatic N) is 3. The Balaban J connectivity index is 2.17. The highest BCUT2D eigenvalue weighted by atomic mass is 15.1. The summed E-state index contributed by atoms with van der Waals surface area (Å²) >= 11 is 0. The molecule has 2 aromatic heterocycles. The molecule has 1 unspecified atom stereocenters. The summed E-state index contributed by atoms with van der Waals surface area (Å²) in [5.41, 5.74) is 2.20. The van der Waals surface area contributed by atoms with Gasteiger partial charge in [0.05, 0.1) is 11.6 Å². The molecule has 102 valence electrons. The lowest BCUT2D eigenvalue weighted by atomic mass is 10.0. The quantitative estimate of drug-likeness (QED) is 0.789. The van der Waals surface area contributed by atoms with E-state index in [2.05, 4.69) is 51.0 Å². The molecular weight excluding hydrogens is 248 g/mol. The molecule has 0 spiro atoms. The van der Waals surface area contributed by atoms with Gasteiger partial charge in [-0.25, -0.2) is 4.98 Å². The molecule has 0 amide bonds. The summed E-state index contributed by atoms with van der Waals surface area (Å²) in [6.45, 7) is 2.98. The van der Waals surface area contributed by atoms with Crippen molar-refractivity contribution in [2.24, 2.45) is 7.05 Å². The zero-order chi connectivity index (χ0) is 13.9. The van der Waals surface area contributed by atoms with Crippen molar-refractivity contribution in [1.82, 2.24) is 19.9 Å². The molecular formula is C16H18N4. The maximum atomic E-state index is 4.55. The second-order valence-corrected chi connectivity index (χ2v) is 4.81. The van der Waals surface area contributed by atoms with Crippen molar-refractivity contribution in [3.05, 3.63) is 60.3 Å². The largest absolute Gasteiger partial charge is 0.336 e. The van der Waals surface area contributed by atoms with Crippen LogP contribution in [-0.2, 0) is 7.05 Å². The number of benzene rings is 1. The van der Waals surface area contributed by atoms with Gasteiger partial charge < -0.3 is 9.88 Å². The number of hydrogen-bond donors (Lipinski definition) is 1. The van der Waals surface area contributed by atoms with Gasteiger partial charge in [0.1, 0.15) is 5.82 Å². The number of imidazole rings is 1. The molecule has 0 aliphatic heterocycles. The van der Waals surface area contributed by atoms with Crippen molar-refractivity contribution >= 4 is 10.9 Å². The zero-order valence-corrected chi connectivity index (χ0v) is 11.7. The third-order valence-corrected chi connectivity index (χ3v) is 3.50. The number of rotatable bonds is 4. The second kappa shape index (κ2) is 5.43. The predicted molar refractivity (Wildman–Crippen MR) is 80.5 cm³/mol. The fourth-order valence-corrected chi connectivity index (χ4v) is 2.56. The number of para-hydroxylation sites is 1. The average molecular weight is 266 g/mol. The van der Waals surface area contributed by atoms with Gasteiger partial charge in [0.15, 0.2) is 0 Å². The van der Waals surface area contributed by atoms with Gasteiger partial charge >= 0.3 is 0 Å². The third-order valence-electron chi connectivity index (χ3n) is 3.50. The normalized spacial score (nSPS) is 12.7. The minimum atomic E-state index is 0.0543. The van der Waals surface area contributed by atoms with E-state index in [-0.39, 0.29) is 6.04 Å². The van der Waals surface area contributed by atoms with Crippen molar-refractivity contribution in [1.29, 1.82) is 0 Å². The molecule has 0 aliphatic carbocycles. The number of pyridine rings is 1. The van der Waals surface area contributed by atoms with Crippen LogP contribution in [0, 0.1) is 0 Å². The Kier molecular flexibility index (Phi) is 3.48. The van der Waals surface area contributed by atoms with Crippen LogP contribution in [0.25, 0.3) is 10.9 Å². The van der Waals surface area contributed by atoms with E-state index in [9.17, 15) is 0 Å². The summed E-state index contributed by atoms with van der Waals surface area (Å²) in [5, 5.41) is 4.67. The molecule has 4 nitrogen and oxygen atoms in total. The second-order valence-electron chi connectivity index (χ2n) is 4.81. The number of aryl methyl sites for hydroxylation is 1. The first-order valence-electron chi connectivity index (χ1n) is 6.85. The van der Waals surface area contributed by atoms with Crippen LogP contribution >= 0.6 is 0 Å². The van der Waals surface area contributed by atoms with E-state index >= 15 is 0 Å². The van der Waals surface area contributed by atoms with Crippen molar-refractivity contribution < 1.29 is 0 Å². The van der Waals surface area contributed by atoms with E-state index in [1.54, 1.807) is 0 Å². The zero-order valence-electron chi connectivity index (χ0n) is 11.7. The highest BCUT2D eigenvalue weighted by molar-refractivity contribution is 5.82. The standard InChI is InChI=1S/C16H18N4/c1-3-17-15(16-19-10-11-20(16)2)13-8-4-6-12-7-5-9-18-14(12)13/h4-11,15,17H,3H2,1-2H3. The SMILES string of the molecule is CCNC(c1cccc2cccnc12)c1nccn1C. The molecule has 0 fully saturated rings. The van der Waals surface area contributed by atoms with Crippen molar-refractivity contribution in [2.75, 3.05) is 6.54 Å². The molecule has 4 heteroatoms. The van der Waals surface area contributed by atoms with Crippen molar-refractivity contribution in [3.63, 3.8) is 0 Å². The van der Waals surface area contributed by atoms with Crippen LogP contribution in [0.1, 0.15) is 24.4 Å². The van der Waals surface area contributed by atoms with Gasteiger partial charge in [-0.3, -0.25) is 4.98 Å². The Bertz CT molecular complexity index is 712. The molecule has 1 N–H and O–H groups in total. The fraction of sp³-hybridized carbons (Fsp3) is 0.250. The number of nitrogens with one attached hydrogen (secondary N) is 1. The van der Waals surface area contributed by atoms with Crippen LogP contribution in [-0.4, -0.2) is 21.1 Å². The predicted octanol–water partition coefficient (Wildman–Crippen LogP) is 2.67. The molecule has 0 radical (unpaired) electrons. The van der Waals surface area contributed by atoms with E-state index in [1.165, 1.54) is 5.56 Å². The fourth-order valence-electron chi connectivity index (χ4n) is 2.56. The smallest absolute Gasteiger partial charge is 0.130 e. The highest BCUT2D eigenvalue weighted by Crippen LogP contribution is 2.26. The molecule has 0 bridgehead atoms. The van der Waals surface area contributed by atoms with E-state index in [0.717, 1.165) is 23.3 Å². The topological polar surface area (TPSA) is 42.7 Å². The molecule has 2 heterocycles. The minimum absolute atomic E-state index is 0.0543. The van der Waals surface area contributed by atoms with Gasteiger partial charge in [0, 0.05) is 36.6 Å². The van der Waals surface area contributed by atoms with Crippen LogP contribution in [0.5, 0.6) is 0 Å². The van der Waals surface area contributed by atoms with Gasteiger partial charge in [-0.1, -0.05) is 31.2 Å². The summed E-state index contributed by atoms with van der Waals surface area (Å²) in [7, 11) is 2.02. The maximum absolute atomic E-state index is 4.55. The van der Waals surface area contributed by atoms with Gasteiger partial charge in [-0.15, -0.1) is 0 Å². The Morgan fingerprint density at radius 2 is 2.00 bits per heavy atom. The summed E-state index contributed by atoms with van der Waals surface area (Å²) in [5.74, 6) is 1.00. The molecule has 3 aromatic rings. The van der Waals surface area contributed by atoms with Crippen LogP contribution in [0.2, 0.25) is 0 Å². The van der Waals surface area contributed by atoms with Crippen molar-refractivity contribution in [2.45, 2.75) is 13.0 Å². The Hall–Kier alpha value is -2.20. The maximum Gasteiger partial charge on any atom is 0.130 e. The van der Waals surface area contributed by atoms with E-state index in [0.29, 0.717) is 0 Å². The number of fused-ring (bicyclic) bond motifs is 1. The molecule has 0 saturated carbocycles. The molecule has 1 atom stereocenters. The summed E-state index contributed by atoms with van der Waals surface area (Å²) in [6.07, 6.45) is 5.64. The molecule has 1 aromatic carbocycles. The summed E-state index contributed by atoms with van der Waals surface area (Å²) in [6, 6.07) is 10.4. The molecule has 0 aliphatic rings. The first kappa shape index (κ1) is 12.8.